The smallest absolute Gasteiger partial charge is 0.0954 e. The highest BCUT2D eigenvalue weighted by atomic mass is 32.2. The van der Waals surface area contributed by atoms with E-state index >= 15 is 0 Å². The maximum Gasteiger partial charge on any atom is 0.0954 e. The Kier molecular flexibility index (Phi) is 5.52. The van der Waals surface area contributed by atoms with Crippen LogP contribution in [-0.4, -0.2) is 32.3 Å². The first-order chi connectivity index (χ1) is 9.86. The molecular formula is C16H24N2OS2. The van der Waals surface area contributed by atoms with Gasteiger partial charge in [0.1, 0.15) is 0 Å². The molecule has 0 unspecified atom stereocenters. The molecule has 0 radical (unpaired) electrons. The zero-order valence-corrected chi connectivity index (χ0v) is 14.8. The fourth-order valence-electron chi connectivity index (χ4n) is 2.05. The van der Waals surface area contributed by atoms with Crippen molar-refractivity contribution in [2.24, 2.45) is 0 Å². The molecule has 5 heteroatoms. The van der Waals surface area contributed by atoms with Gasteiger partial charge in [0.2, 0.25) is 0 Å². The van der Waals surface area contributed by atoms with Crippen molar-refractivity contribution < 1.29 is 4.21 Å². The van der Waals surface area contributed by atoms with E-state index in [0.717, 1.165) is 23.5 Å². The molecule has 0 aliphatic heterocycles. The zero-order chi connectivity index (χ0) is 15.5. The summed E-state index contributed by atoms with van der Waals surface area (Å²) in [6, 6.07) is 8.59. The lowest BCUT2D eigenvalue weighted by atomic mass is 10.2. The van der Waals surface area contributed by atoms with Gasteiger partial charge in [-0.25, -0.2) is 4.98 Å². The van der Waals surface area contributed by atoms with Gasteiger partial charge in [-0.3, -0.25) is 4.21 Å². The second kappa shape index (κ2) is 6.99. The molecule has 0 amide bonds. The average molecular weight is 325 g/mol. The number of hydrogen-bond donors (Lipinski definition) is 1. The summed E-state index contributed by atoms with van der Waals surface area (Å²) in [5.41, 5.74) is 1.08. The standard InChI is InChI=1S/C16H24N2OS2/c1-12(17-9-10-21(19)16(2,3)4)11-15-18-13-7-5-6-8-14(13)20-15/h5-8,12,17H,9-11H2,1-4H3/t12-,21+/m0/s1. The molecule has 116 valence electrons. The number of aromatic nitrogens is 1. The van der Waals surface area contributed by atoms with Crippen LogP contribution < -0.4 is 5.32 Å². The Morgan fingerprint density at radius 2 is 2.05 bits per heavy atom. The Morgan fingerprint density at radius 1 is 1.33 bits per heavy atom. The van der Waals surface area contributed by atoms with E-state index in [1.807, 2.05) is 32.9 Å². The van der Waals surface area contributed by atoms with Gasteiger partial charge in [0.15, 0.2) is 0 Å². The molecule has 1 heterocycles. The largest absolute Gasteiger partial charge is 0.313 e. The quantitative estimate of drug-likeness (QED) is 0.886. The lowest BCUT2D eigenvalue weighted by Crippen LogP contribution is -2.34. The molecule has 2 rings (SSSR count). The second-order valence-electron chi connectivity index (χ2n) is 6.30. The van der Waals surface area contributed by atoms with Gasteiger partial charge in [-0.1, -0.05) is 12.1 Å². The van der Waals surface area contributed by atoms with Crippen LogP contribution in [0.25, 0.3) is 10.2 Å². The second-order valence-corrected chi connectivity index (χ2v) is 9.74. The van der Waals surface area contributed by atoms with Crippen LogP contribution in [0.1, 0.15) is 32.7 Å². The van der Waals surface area contributed by atoms with Crippen molar-refractivity contribution in [3.05, 3.63) is 29.3 Å². The molecule has 0 aliphatic carbocycles. The first kappa shape index (κ1) is 16.6. The minimum atomic E-state index is -0.788. The fourth-order valence-corrected chi connectivity index (χ4v) is 4.06. The van der Waals surface area contributed by atoms with Crippen molar-refractivity contribution in [2.75, 3.05) is 12.3 Å². The molecule has 0 saturated heterocycles. The Morgan fingerprint density at radius 3 is 2.71 bits per heavy atom. The first-order valence-electron chi connectivity index (χ1n) is 7.32. The summed E-state index contributed by atoms with van der Waals surface area (Å²) in [6.07, 6.45) is 0.918. The van der Waals surface area contributed by atoms with Crippen LogP contribution >= 0.6 is 11.3 Å². The number of para-hydroxylation sites is 1. The van der Waals surface area contributed by atoms with Gasteiger partial charge in [-0.15, -0.1) is 11.3 Å². The molecule has 21 heavy (non-hydrogen) atoms. The molecule has 0 spiro atoms. The molecule has 0 bridgehead atoms. The van der Waals surface area contributed by atoms with Gasteiger partial charge < -0.3 is 5.32 Å². The third-order valence-electron chi connectivity index (χ3n) is 3.28. The van der Waals surface area contributed by atoms with E-state index in [1.165, 1.54) is 4.70 Å². The van der Waals surface area contributed by atoms with Crippen LogP contribution in [0.5, 0.6) is 0 Å². The predicted molar refractivity (Wildman–Crippen MR) is 93.6 cm³/mol. The van der Waals surface area contributed by atoms with Crippen LogP contribution in [0.2, 0.25) is 0 Å². The highest BCUT2D eigenvalue weighted by Crippen LogP contribution is 2.22. The Bertz CT molecular complexity index is 583. The number of fused-ring (bicyclic) bond motifs is 1. The predicted octanol–water partition coefficient (Wildman–Crippen LogP) is 3.36. The summed E-state index contributed by atoms with van der Waals surface area (Å²) in [6.45, 7) is 9.01. The maximum atomic E-state index is 12.0. The normalized spacial score (nSPS) is 15.2. The molecule has 1 aromatic heterocycles. The van der Waals surface area contributed by atoms with E-state index in [1.54, 1.807) is 11.3 Å². The summed E-state index contributed by atoms with van der Waals surface area (Å²) in [5, 5.41) is 4.61. The third kappa shape index (κ3) is 4.87. The van der Waals surface area contributed by atoms with E-state index in [2.05, 4.69) is 29.4 Å². The van der Waals surface area contributed by atoms with Crippen molar-refractivity contribution >= 4 is 32.4 Å². The highest BCUT2D eigenvalue weighted by Gasteiger charge is 2.18. The van der Waals surface area contributed by atoms with Crippen molar-refractivity contribution in [3.8, 4) is 0 Å². The van der Waals surface area contributed by atoms with Gasteiger partial charge in [0.05, 0.1) is 15.2 Å². The van der Waals surface area contributed by atoms with Crippen LogP contribution in [0, 0.1) is 0 Å². The van der Waals surface area contributed by atoms with Crippen molar-refractivity contribution in [1.82, 2.24) is 10.3 Å². The SMILES string of the molecule is C[C@@H](Cc1nc2ccccc2s1)NCC[S@@](=O)C(C)(C)C. The lowest BCUT2D eigenvalue weighted by Gasteiger charge is -2.19. The number of benzene rings is 1. The number of nitrogens with one attached hydrogen (secondary N) is 1. The van der Waals surface area contributed by atoms with E-state index < -0.39 is 10.8 Å². The van der Waals surface area contributed by atoms with Gasteiger partial charge in [-0.2, -0.15) is 0 Å². The monoisotopic (exact) mass is 324 g/mol. The number of nitrogens with zero attached hydrogens (tertiary/aromatic N) is 1. The van der Waals surface area contributed by atoms with Crippen LogP contribution in [-0.2, 0) is 17.2 Å². The zero-order valence-electron chi connectivity index (χ0n) is 13.2. The first-order valence-corrected chi connectivity index (χ1v) is 9.46. The highest BCUT2D eigenvalue weighted by molar-refractivity contribution is 7.86. The van der Waals surface area contributed by atoms with Gasteiger partial charge in [0.25, 0.3) is 0 Å². The molecule has 2 atom stereocenters. The lowest BCUT2D eigenvalue weighted by molar-refractivity contribution is 0.561. The molecular weight excluding hydrogens is 300 g/mol. The summed E-state index contributed by atoms with van der Waals surface area (Å²) < 4.78 is 13.1. The molecule has 0 fully saturated rings. The maximum absolute atomic E-state index is 12.0. The topological polar surface area (TPSA) is 42.0 Å². The fraction of sp³-hybridized carbons (Fsp3) is 0.562. The van der Waals surface area contributed by atoms with Gasteiger partial charge in [0, 0.05) is 40.3 Å². The van der Waals surface area contributed by atoms with Gasteiger partial charge in [-0.05, 0) is 39.8 Å². The average Bonchev–Trinajstić information content (AvgIpc) is 2.79. The van der Waals surface area contributed by atoms with Crippen molar-refractivity contribution in [3.63, 3.8) is 0 Å². The number of rotatable bonds is 6. The third-order valence-corrected chi connectivity index (χ3v) is 6.28. The Hall–Kier alpha value is -0.780. The Labute approximate surface area is 133 Å². The van der Waals surface area contributed by atoms with Crippen LogP contribution in [0.15, 0.2) is 24.3 Å². The molecule has 1 aromatic carbocycles. The van der Waals surface area contributed by atoms with Gasteiger partial charge >= 0.3 is 0 Å². The molecule has 1 N–H and O–H groups in total. The van der Waals surface area contributed by atoms with Crippen molar-refractivity contribution in [1.29, 1.82) is 0 Å². The summed E-state index contributed by atoms with van der Waals surface area (Å²) in [7, 11) is -0.788. The minimum absolute atomic E-state index is 0.127. The number of thiazole rings is 1. The van der Waals surface area contributed by atoms with E-state index in [9.17, 15) is 4.21 Å². The van der Waals surface area contributed by atoms with E-state index in [0.29, 0.717) is 11.8 Å². The number of hydrogen-bond acceptors (Lipinski definition) is 4. The van der Waals surface area contributed by atoms with E-state index in [4.69, 9.17) is 0 Å². The van der Waals surface area contributed by atoms with Crippen molar-refractivity contribution in [2.45, 2.75) is 44.9 Å². The van der Waals surface area contributed by atoms with Crippen LogP contribution in [0.3, 0.4) is 0 Å². The summed E-state index contributed by atoms with van der Waals surface area (Å²) in [5.74, 6) is 0.702. The summed E-state index contributed by atoms with van der Waals surface area (Å²) >= 11 is 1.76. The molecule has 0 saturated carbocycles. The summed E-state index contributed by atoms with van der Waals surface area (Å²) in [4.78, 5) is 4.65. The minimum Gasteiger partial charge on any atom is -0.313 e. The molecule has 0 aliphatic rings. The Balaban J connectivity index is 1.82. The molecule has 3 nitrogen and oxygen atoms in total. The van der Waals surface area contributed by atoms with Crippen LogP contribution in [0.4, 0.5) is 0 Å². The van der Waals surface area contributed by atoms with E-state index in [-0.39, 0.29) is 4.75 Å². The molecule has 2 aromatic rings.